The standard InChI is InChI=1S/C27H25N5O3/c1-17-23(26(33)29-19-12-8-5-9-13-19)24(21-16-20(34-2)14-15-22(21)35-3)32-27(28-17)30-25(31-32)18-10-6-4-7-11-18/h4-16,24H,1-3H3,(H,29,33)(H,28,30,31)/t24-/m1/s1. The number of anilines is 2. The number of carbonyl (C=O) groups is 1. The van der Waals surface area contributed by atoms with Gasteiger partial charge in [0.25, 0.3) is 5.91 Å². The summed E-state index contributed by atoms with van der Waals surface area (Å²) in [6.07, 6.45) is 0. The van der Waals surface area contributed by atoms with Gasteiger partial charge in [0.05, 0.1) is 19.8 Å². The van der Waals surface area contributed by atoms with Crippen LogP contribution in [0.15, 0.2) is 90.1 Å². The summed E-state index contributed by atoms with van der Waals surface area (Å²) in [5, 5.41) is 11.1. The van der Waals surface area contributed by atoms with Crippen LogP contribution in [0.5, 0.6) is 11.5 Å². The first-order valence-corrected chi connectivity index (χ1v) is 11.2. The number of fused-ring (bicyclic) bond motifs is 1. The lowest BCUT2D eigenvalue weighted by molar-refractivity contribution is -0.113. The Morgan fingerprint density at radius 3 is 2.37 bits per heavy atom. The summed E-state index contributed by atoms with van der Waals surface area (Å²) in [4.78, 5) is 18.4. The van der Waals surface area contributed by atoms with Crippen LogP contribution in [0.25, 0.3) is 11.4 Å². The van der Waals surface area contributed by atoms with Gasteiger partial charge in [0.2, 0.25) is 5.95 Å². The third kappa shape index (κ3) is 4.21. The number of rotatable bonds is 6. The Morgan fingerprint density at radius 2 is 1.69 bits per heavy atom. The minimum Gasteiger partial charge on any atom is -0.497 e. The fourth-order valence-corrected chi connectivity index (χ4v) is 4.22. The number of hydrogen-bond acceptors (Lipinski definition) is 6. The number of amides is 1. The predicted octanol–water partition coefficient (Wildman–Crippen LogP) is 4.89. The van der Waals surface area contributed by atoms with Gasteiger partial charge in [0.15, 0.2) is 5.82 Å². The Morgan fingerprint density at radius 1 is 0.971 bits per heavy atom. The lowest BCUT2D eigenvalue weighted by Crippen LogP contribution is -2.31. The van der Waals surface area contributed by atoms with Gasteiger partial charge in [-0.2, -0.15) is 4.98 Å². The number of para-hydroxylation sites is 1. The van der Waals surface area contributed by atoms with E-state index in [1.807, 2.05) is 85.8 Å². The van der Waals surface area contributed by atoms with Crippen molar-refractivity contribution in [1.29, 1.82) is 0 Å². The molecule has 0 radical (unpaired) electrons. The van der Waals surface area contributed by atoms with Gasteiger partial charge in [-0.1, -0.05) is 48.5 Å². The summed E-state index contributed by atoms with van der Waals surface area (Å²) in [6, 6.07) is 24.0. The molecular formula is C27H25N5O3. The van der Waals surface area contributed by atoms with Crippen LogP contribution in [0.1, 0.15) is 18.5 Å². The lowest BCUT2D eigenvalue weighted by Gasteiger charge is -2.29. The largest absolute Gasteiger partial charge is 0.497 e. The molecule has 8 heteroatoms. The minimum atomic E-state index is -0.607. The first kappa shape index (κ1) is 22.2. The molecule has 3 aromatic carbocycles. The molecule has 0 unspecified atom stereocenters. The van der Waals surface area contributed by atoms with Gasteiger partial charge in [-0.3, -0.25) is 4.79 Å². The molecular weight excluding hydrogens is 442 g/mol. The number of hydrogen-bond donors (Lipinski definition) is 2. The second-order valence-corrected chi connectivity index (χ2v) is 8.06. The van der Waals surface area contributed by atoms with E-state index in [1.54, 1.807) is 18.9 Å². The van der Waals surface area contributed by atoms with Gasteiger partial charge in [-0.15, -0.1) is 5.10 Å². The summed E-state index contributed by atoms with van der Waals surface area (Å²) in [6.45, 7) is 1.86. The average Bonchev–Trinajstić information content (AvgIpc) is 3.32. The molecule has 8 nitrogen and oxygen atoms in total. The first-order chi connectivity index (χ1) is 17.1. The number of carbonyl (C=O) groups excluding carboxylic acids is 1. The summed E-state index contributed by atoms with van der Waals surface area (Å²) in [5.74, 6) is 2.09. The Kier molecular flexibility index (Phi) is 5.93. The van der Waals surface area contributed by atoms with Crippen molar-refractivity contribution in [2.75, 3.05) is 24.9 Å². The van der Waals surface area contributed by atoms with E-state index in [0.29, 0.717) is 40.2 Å². The summed E-state index contributed by atoms with van der Waals surface area (Å²) < 4.78 is 12.9. The van der Waals surface area contributed by atoms with E-state index in [0.717, 1.165) is 11.1 Å². The predicted molar refractivity (Wildman–Crippen MR) is 135 cm³/mol. The van der Waals surface area contributed by atoms with Crippen LogP contribution in [0.4, 0.5) is 11.6 Å². The molecule has 0 bridgehead atoms. The van der Waals surface area contributed by atoms with Crippen molar-refractivity contribution in [2.45, 2.75) is 13.0 Å². The number of nitrogens with zero attached hydrogens (tertiary/aromatic N) is 3. The fourth-order valence-electron chi connectivity index (χ4n) is 4.22. The number of nitrogens with one attached hydrogen (secondary N) is 2. The van der Waals surface area contributed by atoms with Crippen LogP contribution in [0.2, 0.25) is 0 Å². The molecule has 2 heterocycles. The van der Waals surface area contributed by atoms with E-state index in [2.05, 4.69) is 10.6 Å². The van der Waals surface area contributed by atoms with Crippen LogP contribution >= 0.6 is 0 Å². The number of allylic oxidation sites excluding steroid dienone is 1. The smallest absolute Gasteiger partial charge is 0.255 e. The molecule has 1 amide bonds. The van der Waals surface area contributed by atoms with Gasteiger partial charge < -0.3 is 20.1 Å². The van der Waals surface area contributed by atoms with Crippen molar-refractivity contribution in [3.05, 3.63) is 95.7 Å². The van der Waals surface area contributed by atoms with Crippen molar-refractivity contribution >= 4 is 17.5 Å². The molecule has 1 aromatic heterocycles. The molecule has 1 aliphatic heterocycles. The van der Waals surface area contributed by atoms with E-state index in [9.17, 15) is 4.79 Å². The molecule has 0 fully saturated rings. The van der Waals surface area contributed by atoms with Gasteiger partial charge in [-0.25, -0.2) is 4.68 Å². The normalized spacial score (nSPS) is 14.7. The molecule has 0 saturated heterocycles. The Hall–Kier alpha value is -4.59. The van der Waals surface area contributed by atoms with E-state index >= 15 is 0 Å². The molecule has 2 N–H and O–H groups in total. The highest BCUT2D eigenvalue weighted by Crippen LogP contribution is 2.41. The van der Waals surface area contributed by atoms with E-state index in [4.69, 9.17) is 19.6 Å². The first-order valence-electron chi connectivity index (χ1n) is 11.2. The molecule has 0 spiro atoms. The van der Waals surface area contributed by atoms with Crippen molar-refractivity contribution < 1.29 is 14.3 Å². The van der Waals surface area contributed by atoms with Gasteiger partial charge in [-0.05, 0) is 37.3 Å². The van der Waals surface area contributed by atoms with Crippen LogP contribution in [0.3, 0.4) is 0 Å². The average molecular weight is 468 g/mol. The minimum absolute atomic E-state index is 0.251. The zero-order valence-corrected chi connectivity index (χ0v) is 19.6. The molecule has 176 valence electrons. The quantitative estimate of drug-likeness (QED) is 0.420. The highest BCUT2D eigenvalue weighted by molar-refractivity contribution is 6.06. The third-order valence-corrected chi connectivity index (χ3v) is 5.89. The topological polar surface area (TPSA) is 90.3 Å². The molecule has 0 aliphatic carbocycles. The molecule has 35 heavy (non-hydrogen) atoms. The summed E-state index contributed by atoms with van der Waals surface area (Å²) in [5.41, 5.74) is 3.48. The van der Waals surface area contributed by atoms with Crippen molar-refractivity contribution in [3.63, 3.8) is 0 Å². The summed E-state index contributed by atoms with van der Waals surface area (Å²) >= 11 is 0. The number of ether oxygens (including phenoxy) is 2. The van der Waals surface area contributed by atoms with Crippen molar-refractivity contribution in [1.82, 2.24) is 14.8 Å². The molecule has 1 atom stereocenters. The van der Waals surface area contributed by atoms with Crippen molar-refractivity contribution in [3.8, 4) is 22.9 Å². The highest BCUT2D eigenvalue weighted by atomic mass is 16.5. The van der Waals surface area contributed by atoms with Crippen LogP contribution in [0, 0.1) is 0 Å². The van der Waals surface area contributed by atoms with Gasteiger partial charge in [0.1, 0.15) is 17.5 Å². The Labute approximate surface area is 203 Å². The van der Waals surface area contributed by atoms with Gasteiger partial charge >= 0.3 is 0 Å². The Bertz CT molecular complexity index is 1400. The highest BCUT2D eigenvalue weighted by Gasteiger charge is 2.36. The third-order valence-electron chi connectivity index (χ3n) is 5.89. The van der Waals surface area contributed by atoms with E-state index in [1.165, 1.54) is 0 Å². The maximum absolute atomic E-state index is 13.7. The Balaban J connectivity index is 1.67. The second-order valence-electron chi connectivity index (χ2n) is 8.06. The number of methoxy groups -OCH3 is 2. The molecule has 1 aliphatic rings. The maximum atomic E-state index is 13.7. The molecule has 0 saturated carbocycles. The molecule has 5 rings (SSSR count). The second kappa shape index (κ2) is 9.34. The zero-order chi connectivity index (χ0) is 24.4. The van der Waals surface area contributed by atoms with E-state index in [-0.39, 0.29) is 5.91 Å². The van der Waals surface area contributed by atoms with Gasteiger partial charge in [0, 0.05) is 22.5 Å². The van der Waals surface area contributed by atoms with E-state index < -0.39 is 6.04 Å². The number of benzene rings is 3. The maximum Gasteiger partial charge on any atom is 0.255 e. The van der Waals surface area contributed by atoms with Crippen LogP contribution in [-0.2, 0) is 4.79 Å². The van der Waals surface area contributed by atoms with Crippen molar-refractivity contribution in [2.24, 2.45) is 0 Å². The van der Waals surface area contributed by atoms with Crippen LogP contribution in [-0.4, -0.2) is 34.9 Å². The lowest BCUT2D eigenvalue weighted by atomic mass is 9.94. The molecule has 4 aromatic rings. The summed E-state index contributed by atoms with van der Waals surface area (Å²) in [7, 11) is 3.21. The number of aromatic nitrogens is 3. The zero-order valence-electron chi connectivity index (χ0n) is 19.6. The fraction of sp³-hybridized carbons (Fsp3) is 0.148. The SMILES string of the molecule is COc1ccc(OC)c([C@@H]2C(C(=O)Nc3ccccc3)=C(C)Nc3nc(-c4ccccc4)nn32)c1. The van der Waals surface area contributed by atoms with Crippen LogP contribution < -0.4 is 20.1 Å². The monoisotopic (exact) mass is 467 g/mol.